The highest BCUT2D eigenvalue weighted by Crippen LogP contribution is 2.30. The van der Waals surface area contributed by atoms with Gasteiger partial charge in [-0.15, -0.1) is 11.3 Å². The smallest absolute Gasteiger partial charge is 0.397 e. The van der Waals surface area contributed by atoms with Gasteiger partial charge in [0.15, 0.2) is 0 Å². The maximum Gasteiger partial charge on any atom is 0.405 e. The van der Waals surface area contributed by atoms with Crippen molar-refractivity contribution in [2.75, 3.05) is 17.6 Å². The largest absolute Gasteiger partial charge is 0.405 e. The van der Waals surface area contributed by atoms with Crippen molar-refractivity contribution >= 4 is 32.9 Å². The van der Waals surface area contributed by atoms with Crippen molar-refractivity contribution in [3.05, 3.63) is 17.1 Å². The zero-order chi connectivity index (χ0) is 12.6. The number of thiazole rings is 1. The number of alkyl halides is 3. The lowest BCUT2D eigenvalue weighted by Gasteiger charge is -2.11. The number of aromatic nitrogens is 1. The van der Waals surface area contributed by atoms with Gasteiger partial charge in [-0.1, -0.05) is 0 Å². The van der Waals surface area contributed by atoms with Crippen molar-refractivity contribution in [1.82, 2.24) is 4.98 Å². The minimum atomic E-state index is -4.26. The van der Waals surface area contributed by atoms with Gasteiger partial charge in [-0.05, 0) is 19.1 Å². The quantitative estimate of drug-likeness (QED) is 0.816. The zero-order valence-electron chi connectivity index (χ0n) is 8.93. The van der Waals surface area contributed by atoms with Crippen LogP contribution in [0.3, 0.4) is 0 Å². The van der Waals surface area contributed by atoms with E-state index in [-0.39, 0.29) is 5.69 Å². The molecule has 0 spiro atoms. The highest BCUT2D eigenvalue weighted by molar-refractivity contribution is 7.18. The second kappa shape index (κ2) is 4.06. The Morgan fingerprint density at radius 2 is 2.12 bits per heavy atom. The molecule has 1 aromatic carbocycles. The number of nitrogens with one attached hydrogen (secondary N) is 1. The summed E-state index contributed by atoms with van der Waals surface area (Å²) in [5, 5.41) is 3.12. The second-order valence-electron chi connectivity index (χ2n) is 3.61. The molecule has 0 aliphatic rings. The van der Waals surface area contributed by atoms with Gasteiger partial charge >= 0.3 is 6.18 Å². The molecule has 0 atom stereocenters. The summed E-state index contributed by atoms with van der Waals surface area (Å²) in [6.45, 7) is 0.732. The van der Waals surface area contributed by atoms with E-state index in [1.54, 1.807) is 12.1 Å². The Hall–Kier alpha value is -1.50. The maximum atomic E-state index is 12.1. The van der Waals surface area contributed by atoms with Gasteiger partial charge in [0, 0.05) is 0 Å². The molecule has 0 aliphatic heterocycles. The number of nitrogens with two attached hydrogens (primary N) is 1. The molecule has 17 heavy (non-hydrogen) atoms. The number of hydrogen-bond acceptors (Lipinski definition) is 4. The van der Waals surface area contributed by atoms with Gasteiger partial charge < -0.3 is 11.1 Å². The van der Waals surface area contributed by atoms with Gasteiger partial charge in [0.05, 0.1) is 26.6 Å². The van der Waals surface area contributed by atoms with E-state index in [0.29, 0.717) is 11.2 Å². The van der Waals surface area contributed by atoms with Gasteiger partial charge in [-0.25, -0.2) is 4.98 Å². The summed E-state index contributed by atoms with van der Waals surface area (Å²) in [6, 6.07) is 3.18. The van der Waals surface area contributed by atoms with Crippen molar-refractivity contribution in [3.63, 3.8) is 0 Å². The fraction of sp³-hybridized carbons (Fsp3) is 0.300. The number of rotatable bonds is 2. The normalized spacial score (nSPS) is 12.0. The minimum absolute atomic E-state index is 0.264. The first-order chi connectivity index (χ1) is 7.85. The lowest BCUT2D eigenvalue weighted by molar-refractivity contribution is -0.115. The third-order valence-corrected chi connectivity index (χ3v) is 3.08. The summed E-state index contributed by atoms with van der Waals surface area (Å²) in [7, 11) is 0. The van der Waals surface area contributed by atoms with Crippen LogP contribution in [0.15, 0.2) is 12.1 Å². The number of fused-ring (bicyclic) bond motifs is 1. The van der Waals surface area contributed by atoms with Gasteiger partial charge in [-0.3, -0.25) is 0 Å². The van der Waals surface area contributed by atoms with Crippen LogP contribution in [0.5, 0.6) is 0 Å². The van der Waals surface area contributed by atoms with E-state index in [1.165, 1.54) is 11.3 Å². The number of anilines is 2. The van der Waals surface area contributed by atoms with Crippen LogP contribution in [0, 0.1) is 6.92 Å². The third kappa shape index (κ3) is 2.79. The molecular formula is C10H10F3N3S. The van der Waals surface area contributed by atoms with E-state index < -0.39 is 12.7 Å². The molecule has 7 heteroatoms. The van der Waals surface area contributed by atoms with Crippen molar-refractivity contribution in [1.29, 1.82) is 0 Å². The predicted molar refractivity (Wildman–Crippen MR) is 63.3 cm³/mol. The molecule has 2 rings (SSSR count). The Balaban J connectivity index is 2.30. The monoisotopic (exact) mass is 261 g/mol. The number of hydrogen-bond donors (Lipinski definition) is 2. The minimum Gasteiger partial charge on any atom is -0.397 e. The molecule has 0 radical (unpaired) electrons. The van der Waals surface area contributed by atoms with Crippen molar-refractivity contribution in [2.45, 2.75) is 13.1 Å². The Morgan fingerprint density at radius 3 is 2.76 bits per heavy atom. The van der Waals surface area contributed by atoms with E-state index >= 15 is 0 Å². The zero-order valence-corrected chi connectivity index (χ0v) is 9.75. The molecule has 0 bridgehead atoms. The maximum absolute atomic E-state index is 12.1. The summed E-state index contributed by atoms with van der Waals surface area (Å²) in [5.74, 6) is 0. The molecule has 0 saturated carbocycles. The number of nitrogen functional groups attached to an aromatic ring is 1. The Morgan fingerprint density at radius 1 is 1.41 bits per heavy atom. The molecule has 0 fully saturated rings. The number of aryl methyl sites for hydroxylation is 1. The lowest BCUT2D eigenvalue weighted by atomic mass is 10.2. The molecule has 0 saturated heterocycles. The van der Waals surface area contributed by atoms with Gasteiger partial charge in [0.2, 0.25) is 0 Å². The highest BCUT2D eigenvalue weighted by Gasteiger charge is 2.26. The van der Waals surface area contributed by atoms with Crippen LogP contribution >= 0.6 is 11.3 Å². The van der Waals surface area contributed by atoms with E-state index in [0.717, 1.165) is 9.71 Å². The van der Waals surface area contributed by atoms with Gasteiger partial charge in [0.25, 0.3) is 0 Å². The van der Waals surface area contributed by atoms with Crippen LogP contribution in [0.4, 0.5) is 24.5 Å². The average molecular weight is 261 g/mol. The SMILES string of the molecule is Cc1nc2cc(NCC(F)(F)F)c(N)cc2s1. The first-order valence-corrected chi connectivity index (χ1v) is 5.64. The van der Waals surface area contributed by atoms with Crippen molar-refractivity contribution < 1.29 is 13.2 Å². The van der Waals surface area contributed by atoms with Crippen LogP contribution in [0.2, 0.25) is 0 Å². The molecule has 0 aliphatic carbocycles. The topological polar surface area (TPSA) is 50.9 Å². The van der Waals surface area contributed by atoms with E-state index in [4.69, 9.17) is 5.73 Å². The molecule has 92 valence electrons. The molecular weight excluding hydrogens is 251 g/mol. The Kier molecular flexibility index (Phi) is 2.86. The van der Waals surface area contributed by atoms with Crippen LogP contribution in [-0.4, -0.2) is 17.7 Å². The second-order valence-corrected chi connectivity index (χ2v) is 4.84. The molecule has 2 aromatic rings. The first kappa shape index (κ1) is 12.0. The molecule has 1 heterocycles. The lowest BCUT2D eigenvalue weighted by Crippen LogP contribution is -2.21. The van der Waals surface area contributed by atoms with Crippen LogP contribution in [-0.2, 0) is 0 Å². The van der Waals surface area contributed by atoms with Gasteiger partial charge in [-0.2, -0.15) is 13.2 Å². The van der Waals surface area contributed by atoms with Crippen LogP contribution in [0.1, 0.15) is 5.01 Å². The fourth-order valence-electron chi connectivity index (χ4n) is 1.45. The predicted octanol–water partition coefficient (Wildman–Crippen LogP) is 3.16. The summed E-state index contributed by atoms with van der Waals surface area (Å²) in [6.07, 6.45) is -4.26. The summed E-state index contributed by atoms with van der Waals surface area (Å²) in [5.41, 5.74) is 6.89. The first-order valence-electron chi connectivity index (χ1n) is 4.82. The van der Waals surface area contributed by atoms with E-state index in [2.05, 4.69) is 10.3 Å². The van der Waals surface area contributed by atoms with Crippen molar-refractivity contribution in [2.24, 2.45) is 0 Å². The summed E-state index contributed by atoms with van der Waals surface area (Å²) < 4.78 is 37.1. The molecule has 0 unspecified atom stereocenters. The van der Waals surface area contributed by atoms with Crippen LogP contribution in [0.25, 0.3) is 10.2 Å². The molecule has 3 N–H and O–H groups in total. The number of nitrogens with zero attached hydrogens (tertiary/aromatic N) is 1. The summed E-state index contributed by atoms with van der Waals surface area (Å²) >= 11 is 1.46. The van der Waals surface area contributed by atoms with Crippen molar-refractivity contribution in [3.8, 4) is 0 Å². The Labute approximate surface area is 99.5 Å². The highest BCUT2D eigenvalue weighted by atomic mass is 32.1. The third-order valence-electron chi connectivity index (χ3n) is 2.15. The average Bonchev–Trinajstić information content (AvgIpc) is 2.52. The van der Waals surface area contributed by atoms with Gasteiger partial charge in [0.1, 0.15) is 6.54 Å². The van der Waals surface area contributed by atoms with E-state index in [1.807, 2.05) is 6.92 Å². The molecule has 3 nitrogen and oxygen atoms in total. The fourth-order valence-corrected chi connectivity index (χ4v) is 2.31. The summed E-state index contributed by atoms with van der Waals surface area (Å²) in [4.78, 5) is 4.20. The molecule has 1 aromatic heterocycles. The number of halogens is 3. The standard InChI is InChI=1S/C10H10F3N3S/c1-5-16-8-3-7(15-4-10(11,12)13)6(14)2-9(8)17-5/h2-3,15H,4,14H2,1H3. The number of benzene rings is 1. The van der Waals surface area contributed by atoms with E-state index in [9.17, 15) is 13.2 Å². The molecule has 0 amide bonds. The van der Waals surface area contributed by atoms with Crippen LogP contribution < -0.4 is 11.1 Å². The Bertz CT molecular complexity index is 547.